The van der Waals surface area contributed by atoms with E-state index in [0.29, 0.717) is 11.8 Å². The molecule has 2 heterocycles. The fraction of sp³-hybridized carbons (Fsp3) is 0.308. The van der Waals surface area contributed by atoms with Crippen LogP contribution in [0.2, 0.25) is 0 Å². The molecule has 0 saturated heterocycles. The van der Waals surface area contributed by atoms with Gasteiger partial charge < -0.3 is 4.57 Å². The Bertz CT molecular complexity index is 524. The monoisotopic (exact) mass is 264 g/mol. The number of halogens is 1. The Hall–Kier alpha value is -0.930. The molecular formula is C13H13ClN2S. The van der Waals surface area contributed by atoms with E-state index in [0.717, 1.165) is 18.0 Å². The molecule has 3 rings (SSSR count). The van der Waals surface area contributed by atoms with E-state index in [9.17, 15) is 0 Å². The van der Waals surface area contributed by atoms with Gasteiger partial charge in [0.05, 0.1) is 17.9 Å². The molecule has 1 aliphatic heterocycles. The first-order chi connectivity index (χ1) is 8.36. The molecule has 0 fully saturated rings. The molecule has 0 saturated carbocycles. The number of fused-ring (bicyclic) bond motifs is 1. The fourth-order valence-electron chi connectivity index (χ4n) is 2.21. The van der Waals surface area contributed by atoms with Crippen molar-refractivity contribution in [1.82, 2.24) is 9.55 Å². The summed E-state index contributed by atoms with van der Waals surface area (Å²) in [5, 5.41) is 0. The first-order valence-corrected chi connectivity index (χ1v) is 7.17. The zero-order chi connectivity index (χ0) is 11.7. The van der Waals surface area contributed by atoms with E-state index < -0.39 is 0 Å². The number of alkyl halides is 1. The zero-order valence-electron chi connectivity index (χ0n) is 9.34. The lowest BCUT2D eigenvalue weighted by Crippen LogP contribution is -2.07. The zero-order valence-corrected chi connectivity index (χ0v) is 10.9. The second-order valence-corrected chi connectivity index (χ2v) is 5.57. The number of rotatable bonds is 3. The van der Waals surface area contributed by atoms with Crippen LogP contribution in [0.1, 0.15) is 17.2 Å². The highest BCUT2D eigenvalue weighted by Crippen LogP contribution is 2.39. The Morgan fingerprint density at radius 1 is 1.41 bits per heavy atom. The summed E-state index contributed by atoms with van der Waals surface area (Å²) in [5.41, 5.74) is 2.42. The van der Waals surface area contributed by atoms with Gasteiger partial charge in [0.25, 0.3) is 0 Å². The van der Waals surface area contributed by atoms with Crippen LogP contribution in [0.3, 0.4) is 0 Å². The molecule has 0 amide bonds. The minimum Gasteiger partial charge on any atom is -0.337 e. The first-order valence-electron chi connectivity index (χ1n) is 5.65. The molecule has 1 aromatic carbocycles. The van der Waals surface area contributed by atoms with Crippen LogP contribution in [0.15, 0.2) is 41.7 Å². The van der Waals surface area contributed by atoms with E-state index in [2.05, 4.69) is 33.8 Å². The normalized spacial score (nSPS) is 18.3. The minimum atomic E-state index is 0.489. The van der Waals surface area contributed by atoms with Crippen LogP contribution in [0.5, 0.6) is 0 Å². The predicted molar refractivity (Wildman–Crippen MR) is 71.7 cm³/mol. The molecule has 0 aliphatic carbocycles. The summed E-state index contributed by atoms with van der Waals surface area (Å²) in [6.07, 6.45) is 3.92. The van der Waals surface area contributed by atoms with E-state index in [4.69, 9.17) is 11.6 Å². The van der Waals surface area contributed by atoms with Crippen LogP contribution < -0.4 is 0 Å². The lowest BCUT2D eigenvalue weighted by Gasteiger charge is -2.10. The van der Waals surface area contributed by atoms with Gasteiger partial charge in [0.1, 0.15) is 0 Å². The van der Waals surface area contributed by atoms with Gasteiger partial charge >= 0.3 is 0 Å². The second kappa shape index (κ2) is 4.75. The lowest BCUT2D eigenvalue weighted by molar-refractivity contribution is 0.605. The van der Waals surface area contributed by atoms with Crippen LogP contribution in [-0.2, 0) is 12.4 Å². The Kier molecular flexibility index (Phi) is 3.12. The number of thioether (sulfide) groups is 1. The minimum absolute atomic E-state index is 0.489. The van der Waals surface area contributed by atoms with Gasteiger partial charge in [-0.15, -0.1) is 23.4 Å². The lowest BCUT2D eigenvalue weighted by atomic mass is 10.0. The van der Waals surface area contributed by atoms with Crippen molar-refractivity contribution in [2.24, 2.45) is 0 Å². The topological polar surface area (TPSA) is 17.8 Å². The Morgan fingerprint density at radius 2 is 2.29 bits per heavy atom. The fourth-order valence-corrected chi connectivity index (χ4v) is 3.59. The molecule has 0 bridgehead atoms. The summed E-state index contributed by atoms with van der Waals surface area (Å²) in [7, 11) is 0. The van der Waals surface area contributed by atoms with Gasteiger partial charge in [-0.05, 0) is 11.6 Å². The van der Waals surface area contributed by atoms with E-state index in [-0.39, 0.29) is 0 Å². The van der Waals surface area contributed by atoms with Crippen LogP contribution in [-0.4, -0.2) is 15.3 Å². The van der Waals surface area contributed by atoms with Crippen LogP contribution in [0, 0.1) is 0 Å². The molecule has 17 heavy (non-hydrogen) atoms. The maximum absolute atomic E-state index is 5.76. The maximum atomic E-state index is 5.76. The Labute approximate surface area is 110 Å². The summed E-state index contributed by atoms with van der Waals surface area (Å²) in [4.78, 5) is 5.68. The maximum Gasteiger partial charge on any atom is 0.0950 e. The quantitative estimate of drug-likeness (QED) is 0.790. The van der Waals surface area contributed by atoms with Crippen LogP contribution in [0.4, 0.5) is 0 Å². The molecule has 1 unspecified atom stereocenters. The van der Waals surface area contributed by atoms with Gasteiger partial charge in [0.2, 0.25) is 0 Å². The Morgan fingerprint density at radius 3 is 3.12 bits per heavy atom. The summed E-state index contributed by atoms with van der Waals surface area (Å²) in [6.45, 7) is 0.994. The third-order valence-corrected chi connectivity index (χ3v) is 4.58. The number of aromatic nitrogens is 2. The predicted octanol–water partition coefficient (Wildman–Crippen LogP) is 3.51. The van der Waals surface area contributed by atoms with Crippen molar-refractivity contribution >= 4 is 23.4 Å². The molecular weight excluding hydrogens is 252 g/mol. The van der Waals surface area contributed by atoms with E-state index in [1.54, 1.807) is 0 Å². The SMILES string of the molecule is ClCc1cn(CC2CSc3ccccc32)cn1. The Balaban J connectivity index is 1.79. The van der Waals surface area contributed by atoms with Gasteiger partial charge in [-0.25, -0.2) is 4.98 Å². The average Bonchev–Trinajstić information content (AvgIpc) is 2.97. The highest BCUT2D eigenvalue weighted by Gasteiger charge is 2.22. The van der Waals surface area contributed by atoms with Gasteiger partial charge in [-0.2, -0.15) is 0 Å². The van der Waals surface area contributed by atoms with Crippen molar-refractivity contribution < 1.29 is 0 Å². The molecule has 2 aromatic rings. The van der Waals surface area contributed by atoms with E-state index in [1.165, 1.54) is 10.5 Å². The smallest absolute Gasteiger partial charge is 0.0950 e. The van der Waals surface area contributed by atoms with Crippen LogP contribution >= 0.6 is 23.4 Å². The second-order valence-electron chi connectivity index (χ2n) is 4.24. The van der Waals surface area contributed by atoms with Gasteiger partial charge in [-0.3, -0.25) is 0 Å². The molecule has 1 aromatic heterocycles. The molecule has 0 radical (unpaired) electrons. The van der Waals surface area contributed by atoms with E-state index in [1.807, 2.05) is 24.3 Å². The summed E-state index contributed by atoms with van der Waals surface area (Å²) in [6, 6.07) is 8.67. The van der Waals surface area contributed by atoms with Crippen molar-refractivity contribution in [2.75, 3.05) is 5.75 Å². The van der Waals surface area contributed by atoms with Gasteiger partial charge in [0, 0.05) is 29.3 Å². The van der Waals surface area contributed by atoms with Gasteiger partial charge in [0.15, 0.2) is 0 Å². The first kappa shape index (κ1) is 11.2. The summed E-state index contributed by atoms with van der Waals surface area (Å²) >= 11 is 7.71. The number of hydrogen-bond donors (Lipinski definition) is 0. The van der Waals surface area contributed by atoms with Crippen LogP contribution in [0.25, 0.3) is 0 Å². The summed E-state index contributed by atoms with van der Waals surface area (Å²) in [5.74, 6) is 2.24. The van der Waals surface area contributed by atoms with Crippen molar-refractivity contribution in [3.05, 3.63) is 48.0 Å². The standard InChI is InChI=1S/C13H13ClN2S/c14-5-11-7-16(9-15-11)6-10-8-17-13-4-2-1-3-12(10)13/h1-4,7,9-10H,5-6,8H2. The third-order valence-electron chi connectivity index (χ3n) is 3.05. The number of imidazole rings is 1. The highest BCUT2D eigenvalue weighted by molar-refractivity contribution is 7.99. The van der Waals surface area contributed by atoms with Crippen molar-refractivity contribution in [1.29, 1.82) is 0 Å². The molecule has 1 aliphatic rings. The number of nitrogens with zero attached hydrogens (tertiary/aromatic N) is 2. The molecule has 2 nitrogen and oxygen atoms in total. The van der Waals surface area contributed by atoms with Gasteiger partial charge in [-0.1, -0.05) is 18.2 Å². The van der Waals surface area contributed by atoms with Crippen molar-refractivity contribution in [3.8, 4) is 0 Å². The molecule has 0 spiro atoms. The largest absolute Gasteiger partial charge is 0.337 e. The summed E-state index contributed by atoms with van der Waals surface area (Å²) < 4.78 is 2.14. The van der Waals surface area contributed by atoms with Crippen molar-refractivity contribution in [3.63, 3.8) is 0 Å². The van der Waals surface area contributed by atoms with Crippen molar-refractivity contribution in [2.45, 2.75) is 23.2 Å². The number of benzene rings is 1. The van der Waals surface area contributed by atoms with E-state index >= 15 is 0 Å². The molecule has 0 N–H and O–H groups in total. The molecule has 88 valence electrons. The average molecular weight is 265 g/mol. The molecule has 1 atom stereocenters. The number of hydrogen-bond acceptors (Lipinski definition) is 2. The highest BCUT2D eigenvalue weighted by atomic mass is 35.5. The third kappa shape index (κ3) is 2.22. The molecule has 4 heteroatoms.